The smallest absolute Gasteiger partial charge is 0.246 e. The SMILES string of the molecule is Cc1noc(C)c1S(=O)(=O)NC1CCN(c2cc(-c3cccs3)[nH]n2)CC1. The van der Waals surface area contributed by atoms with E-state index in [9.17, 15) is 8.42 Å². The van der Waals surface area contributed by atoms with Crippen molar-refractivity contribution in [2.75, 3.05) is 18.0 Å². The number of H-pyrrole nitrogens is 1. The van der Waals surface area contributed by atoms with Crippen LogP contribution in [0.15, 0.2) is 33.0 Å². The zero-order valence-corrected chi connectivity index (χ0v) is 16.7. The summed E-state index contributed by atoms with van der Waals surface area (Å²) < 4.78 is 33.1. The molecule has 27 heavy (non-hydrogen) atoms. The normalized spacial score (nSPS) is 16.1. The Kier molecular flexibility index (Phi) is 4.79. The second-order valence-corrected chi connectivity index (χ2v) is 9.25. The van der Waals surface area contributed by atoms with Gasteiger partial charge in [-0.3, -0.25) is 5.10 Å². The van der Waals surface area contributed by atoms with Crippen molar-refractivity contribution in [1.82, 2.24) is 20.1 Å². The summed E-state index contributed by atoms with van der Waals surface area (Å²) in [5, 5.41) is 13.3. The number of hydrogen-bond donors (Lipinski definition) is 2. The van der Waals surface area contributed by atoms with Crippen molar-refractivity contribution in [3.63, 3.8) is 0 Å². The van der Waals surface area contributed by atoms with E-state index >= 15 is 0 Å². The van der Waals surface area contributed by atoms with Crippen molar-refractivity contribution in [3.8, 4) is 10.6 Å². The molecule has 8 nitrogen and oxygen atoms in total. The van der Waals surface area contributed by atoms with E-state index in [2.05, 4.69) is 31.0 Å². The molecule has 0 saturated carbocycles. The maximum atomic E-state index is 12.6. The summed E-state index contributed by atoms with van der Waals surface area (Å²) in [4.78, 5) is 3.47. The van der Waals surface area contributed by atoms with Gasteiger partial charge in [0, 0.05) is 25.2 Å². The molecule has 1 aliphatic rings. The Bertz CT molecular complexity index is 996. The molecular weight excluding hydrogens is 386 g/mol. The topological polar surface area (TPSA) is 104 Å². The van der Waals surface area contributed by atoms with Crippen molar-refractivity contribution < 1.29 is 12.9 Å². The number of rotatable bonds is 5. The van der Waals surface area contributed by atoms with Crippen molar-refractivity contribution in [2.24, 2.45) is 0 Å². The van der Waals surface area contributed by atoms with Crippen LogP contribution in [0.1, 0.15) is 24.3 Å². The van der Waals surface area contributed by atoms with Gasteiger partial charge >= 0.3 is 0 Å². The van der Waals surface area contributed by atoms with E-state index in [-0.39, 0.29) is 10.9 Å². The molecule has 2 N–H and O–H groups in total. The Labute approximate surface area is 161 Å². The first kappa shape index (κ1) is 18.2. The maximum Gasteiger partial charge on any atom is 0.246 e. The zero-order valence-electron chi connectivity index (χ0n) is 15.1. The van der Waals surface area contributed by atoms with Crippen LogP contribution in [-0.2, 0) is 10.0 Å². The minimum Gasteiger partial charge on any atom is -0.360 e. The summed E-state index contributed by atoms with van der Waals surface area (Å²) in [5.74, 6) is 1.21. The molecule has 0 radical (unpaired) electrons. The quantitative estimate of drug-likeness (QED) is 0.674. The van der Waals surface area contributed by atoms with Gasteiger partial charge in [0.25, 0.3) is 0 Å². The van der Waals surface area contributed by atoms with E-state index in [1.54, 1.807) is 25.2 Å². The predicted molar refractivity (Wildman–Crippen MR) is 103 cm³/mol. The Morgan fingerprint density at radius 3 is 2.74 bits per heavy atom. The summed E-state index contributed by atoms with van der Waals surface area (Å²) >= 11 is 1.66. The zero-order chi connectivity index (χ0) is 19.0. The highest BCUT2D eigenvalue weighted by atomic mass is 32.2. The van der Waals surface area contributed by atoms with Crippen LogP contribution in [0.25, 0.3) is 10.6 Å². The molecule has 0 amide bonds. The molecule has 1 aliphatic heterocycles. The Hall–Kier alpha value is -2.17. The van der Waals surface area contributed by atoms with Gasteiger partial charge in [-0.1, -0.05) is 11.2 Å². The largest absolute Gasteiger partial charge is 0.360 e. The fourth-order valence-corrected chi connectivity index (χ4v) is 5.72. The van der Waals surface area contributed by atoms with Gasteiger partial charge in [-0.2, -0.15) is 5.10 Å². The number of sulfonamides is 1. The van der Waals surface area contributed by atoms with Gasteiger partial charge in [0.05, 0.1) is 10.6 Å². The van der Waals surface area contributed by atoms with E-state index < -0.39 is 10.0 Å². The third-order valence-corrected chi connectivity index (χ3v) is 7.40. The first-order valence-corrected chi connectivity index (χ1v) is 11.1. The number of piperidine rings is 1. The third-order valence-electron chi connectivity index (χ3n) is 4.73. The lowest BCUT2D eigenvalue weighted by atomic mass is 10.1. The molecule has 3 aromatic rings. The van der Waals surface area contributed by atoms with Gasteiger partial charge in [-0.25, -0.2) is 13.1 Å². The maximum absolute atomic E-state index is 12.6. The van der Waals surface area contributed by atoms with Crippen molar-refractivity contribution in [1.29, 1.82) is 0 Å². The van der Waals surface area contributed by atoms with Crippen LogP contribution in [-0.4, -0.2) is 42.9 Å². The predicted octanol–water partition coefficient (Wildman–Crippen LogP) is 2.69. The number of hydrogen-bond acceptors (Lipinski definition) is 7. The van der Waals surface area contributed by atoms with E-state index in [0.717, 1.165) is 29.5 Å². The van der Waals surface area contributed by atoms with E-state index in [1.165, 1.54) is 0 Å². The van der Waals surface area contributed by atoms with Crippen molar-refractivity contribution >= 4 is 27.2 Å². The first-order valence-electron chi connectivity index (χ1n) is 8.73. The molecule has 3 aromatic heterocycles. The number of aromatic nitrogens is 3. The van der Waals surface area contributed by atoms with Crippen molar-refractivity contribution in [3.05, 3.63) is 35.0 Å². The molecule has 0 aliphatic carbocycles. The highest BCUT2D eigenvalue weighted by Crippen LogP contribution is 2.27. The Morgan fingerprint density at radius 2 is 2.11 bits per heavy atom. The molecule has 0 bridgehead atoms. The Morgan fingerprint density at radius 1 is 1.33 bits per heavy atom. The van der Waals surface area contributed by atoms with Gasteiger partial charge in [-0.15, -0.1) is 11.3 Å². The molecule has 4 rings (SSSR count). The highest BCUT2D eigenvalue weighted by molar-refractivity contribution is 7.89. The molecule has 0 spiro atoms. The lowest BCUT2D eigenvalue weighted by molar-refractivity contribution is 0.390. The highest BCUT2D eigenvalue weighted by Gasteiger charge is 2.29. The minimum atomic E-state index is -3.63. The molecule has 0 aromatic carbocycles. The monoisotopic (exact) mass is 407 g/mol. The summed E-state index contributed by atoms with van der Waals surface area (Å²) in [7, 11) is -3.63. The Balaban J connectivity index is 1.39. The van der Waals surface area contributed by atoms with Crippen LogP contribution in [0, 0.1) is 13.8 Å². The van der Waals surface area contributed by atoms with Crippen LogP contribution in [0.3, 0.4) is 0 Å². The summed E-state index contributed by atoms with van der Waals surface area (Å²) in [6.45, 7) is 4.73. The van der Waals surface area contributed by atoms with Crippen LogP contribution in [0.5, 0.6) is 0 Å². The summed E-state index contributed by atoms with van der Waals surface area (Å²) in [6, 6.07) is 5.99. The van der Waals surface area contributed by atoms with Gasteiger partial charge in [0.1, 0.15) is 10.6 Å². The summed E-state index contributed by atoms with van der Waals surface area (Å²) in [6.07, 6.45) is 1.42. The fraction of sp³-hybridized carbons (Fsp3) is 0.412. The van der Waals surface area contributed by atoms with Gasteiger partial charge in [-0.05, 0) is 38.1 Å². The number of anilines is 1. The van der Waals surface area contributed by atoms with Gasteiger partial charge in [0.15, 0.2) is 11.6 Å². The molecule has 144 valence electrons. The van der Waals surface area contributed by atoms with Gasteiger partial charge in [0.2, 0.25) is 10.0 Å². The van der Waals surface area contributed by atoms with Crippen molar-refractivity contribution in [2.45, 2.75) is 37.6 Å². The third kappa shape index (κ3) is 3.64. The van der Waals surface area contributed by atoms with E-state index in [0.29, 0.717) is 24.3 Å². The van der Waals surface area contributed by atoms with Crippen LogP contribution in [0.4, 0.5) is 5.82 Å². The molecular formula is C17H21N5O3S2. The van der Waals surface area contributed by atoms with Crippen LogP contribution >= 0.6 is 11.3 Å². The summed E-state index contributed by atoms with van der Waals surface area (Å²) in [5.41, 5.74) is 1.39. The number of nitrogens with one attached hydrogen (secondary N) is 2. The first-order chi connectivity index (χ1) is 12.9. The number of thiophene rings is 1. The van der Waals surface area contributed by atoms with Crippen LogP contribution in [0.2, 0.25) is 0 Å². The average molecular weight is 408 g/mol. The molecule has 10 heteroatoms. The number of aryl methyl sites for hydroxylation is 2. The molecule has 0 atom stereocenters. The lowest BCUT2D eigenvalue weighted by Crippen LogP contribution is -2.44. The van der Waals surface area contributed by atoms with E-state index in [1.807, 2.05) is 17.5 Å². The molecule has 4 heterocycles. The number of nitrogens with zero attached hydrogens (tertiary/aromatic N) is 3. The van der Waals surface area contributed by atoms with E-state index in [4.69, 9.17) is 4.52 Å². The van der Waals surface area contributed by atoms with Crippen LogP contribution < -0.4 is 9.62 Å². The standard InChI is InChI=1S/C17H21N5O3S2/c1-11-17(12(2)25-20-11)27(23,24)21-13-5-7-22(8-6-13)16-10-14(18-19-16)15-4-3-9-26-15/h3-4,9-10,13,21H,5-8H2,1-2H3,(H,18,19). The number of aromatic amines is 1. The average Bonchev–Trinajstić information content (AvgIpc) is 3.36. The van der Waals surface area contributed by atoms with Gasteiger partial charge < -0.3 is 9.42 Å². The second-order valence-electron chi connectivity index (χ2n) is 6.65. The lowest BCUT2D eigenvalue weighted by Gasteiger charge is -2.32. The molecule has 1 saturated heterocycles. The molecule has 1 fully saturated rings. The fourth-order valence-electron chi connectivity index (χ4n) is 3.39. The molecule has 0 unspecified atom stereocenters. The second kappa shape index (κ2) is 7.10. The minimum absolute atomic E-state index is 0.115.